The number of benzene rings is 2. The van der Waals surface area contributed by atoms with E-state index in [0.717, 1.165) is 18.6 Å². The number of halogens is 2. The van der Waals surface area contributed by atoms with Crippen molar-refractivity contribution in [2.24, 2.45) is 10.9 Å². The molecular weight excluding hydrogens is 381 g/mol. The second kappa shape index (κ2) is 9.57. The van der Waals surface area contributed by atoms with E-state index in [2.05, 4.69) is 41.4 Å². The van der Waals surface area contributed by atoms with Gasteiger partial charge < -0.3 is 4.74 Å². The monoisotopic (exact) mass is 403 g/mol. The molecule has 27 heavy (non-hydrogen) atoms. The Kier molecular flexibility index (Phi) is 7.14. The van der Waals surface area contributed by atoms with Crippen molar-refractivity contribution >= 4 is 34.7 Å². The molecule has 0 saturated carbocycles. The zero-order valence-electron chi connectivity index (χ0n) is 15.4. The Balaban J connectivity index is 1.70. The minimum Gasteiger partial charge on any atom is -0.373 e. The highest BCUT2D eigenvalue weighted by molar-refractivity contribution is 7.78. The lowest BCUT2D eigenvalue weighted by molar-refractivity contribution is -0.0197. The highest BCUT2D eigenvalue weighted by Crippen LogP contribution is 2.36. The summed E-state index contributed by atoms with van der Waals surface area (Å²) in [6.07, 6.45) is 6.20. The summed E-state index contributed by atoms with van der Waals surface area (Å²) in [6.45, 7) is 3.07. The van der Waals surface area contributed by atoms with Gasteiger partial charge in [0.1, 0.15) is 5.69 Å². The van der Waals surface area contributed by atoms with E-state index in [9.17, 15) is 4.39 Å². The molecule has 2 atom stereocenters. The molecule has 2 aromatic carbocycles. The molecule has 0 N–H and O–H groups in total. The Bertz CT molecular complexity index is 802. The summed E-state index contributed by atoms with van der Waals surface area (Å²) < 4.78 is 20.3. The fourth-order valence-electron chi connectivity index (χ4n) is 3.56. The molecule has 1 aliphatic rings. The van der Waals surface area contributed by atoms with Crippen LogP contribution in [0, 0.1) is 11.7 Å². The SMILES string of the molecule is CCCCC1CC[C@@H](c2ccc(-c3cc(F)c(N=C=S)c(Cl)c3)cc2)OC1. The molecule has 1 heterocycles. The third kappa shape index (κ3) is 5.03. The number of isothiocyanates is 1. The van der Waals surface area contributed by atoms with Crippen molar-refractivity contribution in [3.63, 3.8) is 0 Å². The van der Waals surface area contributed by atoms with Gasteiger partial charge in [0.2, 0.25) is 0 Å². The Morgan fingerprint density at radius 3 is 2.59 bits per heavy atom. The molecule has 5 heteroatoms. The maximum atomic E-state index is 14.2. The van der Waals surface area contributed by atoms with Gasteiger partial charge in [-0.05, 0) is 66.2 Å². The molecule has 0 spiro atoms. The zero-order chi connectivity index (χ0) is 19.2. The molecule has 1 fully saturated rings. The third-order valence-electron chi connectivity index (χ3n) is 5.13. The van der Waals surface area contributed by atoms with Gasteiger partial charge in [-0.1, -0.05) is 55.6 Å². The van der Waals surface area contributed by atoms with Crippen LogP contribution in [0.2, 0.25) is 5.02 Å². The number of rotatable bonds is 6. The average molecular weight is 404 g/mol. The van der Waals surface area contributed by atoms with Crippen molar-refractivity contribution in [2.45, 2.75) is 45.1 Å². The lowest BCUT2D eigenvalue weighted by Crippen LogP contribution is -2.20. The maximum Gasteiger partial charge on any atom is 0.151 e. The normalized spacial score (nSPS) is 19.5. The van der Waals surface area contributed by atoms with E-state index in [1.165, 1.54) is 37.3 Å². The Morgan fingerprint density at radius 1 is 1.22 bits per heavy atom. The van der Waals surface area contributed by atoms with Gasteiger partial charge in [-0.15, -0.1) is 0 Å². The molecule has 3 rings (SSSR count). The Hall–Kier alpha value is -1.58. The molecule has 2 aromatic rings. The predicted molar refractivity (Wildman–Crippen MR) is 112 cm³/mol. The zero-order valence-corrected chi connectivity index (χ0v) is 17.0. The van der Waals surface area contributed by atoms with Crippen LogP contribution in [0.15, 0.2) is 41.4 Å². The Labute approximate surface area is 170 Å². The van der Waals surface area contributed by atoms with Gasteiger partial charge >= 0.3 is 0 Å². The number of ether oxygens (including phenoxy) is 1. The molecule has 0 aliphatic carbocycles. The number of aliphatic imine (C=N–C) groups is 1. The van der Waals surface area contributed by atoms with Crippen LogP contribution >= 0.6 is 23.8 Å². The summed E-state index contributed by atoms with van der Waals surface area (Å²) >= 11 is 10.7. The fourth-order valence-corrected chi connectivity index (χ4v) is 3.91. The van der Waals surface area contributed by atoms with Gasteiger partial charge in [0.25, 0.3) is 0 Å². The lowest BCUT2D eigenvalue weighted by Gasteiger charge is -2.29. The Morgan fingerprint density at radius 2 is 2.00 bits per heavy atom. The highest BCUT2D eigenvalue weighted by Gasteiger charge is 2.22. The molecule has 1 saturated heterocycles. The molecule has 142 valence electrons. The predicted octanol–water partition coefficient (Wildman–Crippen LogP) is 7.54. The smallest absolute Gasteiger partial charge is 0.151 e. The van der Waals surface area contributed by atoms with Crippen LogP contribution in [0.3, 0.4) is 0 Å². The van der Waals surface area contributed by atoms with E-state index < -0.39 is 5.82 Å². The van der Waals surface area contributed by atoms with Crippen molar-refractivity contribution < 1.29 is 9.13 Å². The van der Waals surface area contributed by atoms with Gasteiger partial charge in [-0.3, -0.25) is 0 Å². The second-order valence-corrected chi connectivity index (χ2v) is 7.61. The van der Waals surface area contributed by atoms with Crippen LogP contribution < -0.4 is 0 Å². The first-order valence-electron chi connectivity index (χ1n) is 9.41. The number of nitrogens with zero attached hydrogens (tertiary/aromatic N) is 1. The van der Waals surface area contributed by atoms with Crippen molar-refractivity contribution in [3.05, 3.63) is 52.8 Å². The first-order chi connectivity index (χ1) is 13.1. The maximum absolute atomic E-state index is 14.2. The van der Waals surface area contributed by atoms with E-state index in [0.29, 0.717) is 11.5 Å². The molecule has 2 nitrogen and oxygen atoms in total. The van der Waals surface area contributed by atoms with Gasteiger partial charge in [0.15, 0.2) is 5.82 Å². The molecule has 0 amide bonds. The van der Waals surface area contributed by atoms with Crippen LogP contribution in [0.25, 0.3) is 11.1 Å². The van der Waals surface area contributed by atoms with Crippen LogP contribution in [-0.4, -0.2) is 11.8 Å². The van der Waals surface area contributed by atoms with Crippen LogP contribution in [0.5, 0.6) is 0 Å². The lowest BCUT2D eigenvalue weighted by atomic mass is 9.91. The topological polar surface area (TPSA) is 21.6 Å². The standard InChI is InChI=1S/C22H23ClFNOS/c1-2-3-4-15-5-10-21(26-13-15)17-8-6-16(7-9-17)18-11-19(23)22(25-14-27)20(24)12-18/h6-9,11-12,15,21H,2-5,10,13H2,1H3/t15?,21-/m0/s1. The second-order valence-electron chi connectivity index (χ2n) is 7.02. The van der Waals surface area contributed by atoms with Gasteiger partial charge in [0, 0.05) is 0 Å². The van der Waals surface area contributed by atoms with E-state index in [1.54, 1.807) is 6.07 Å². The quantitative estimate of drug-likeness (QED) is 0.367. The van der Waals surface area contributed by atoms with E-state index in [1.807, 2.05) is 12.1 Å². The summed E-state index contributed by atoms with van der Waals surface area (Å²) in [5, 5.41) is 2.38. The molecule has 0 aromatic heterocycles. The number of thiocarbonyl (C=S) groups is 1. The van der Waals surface area contributed by atoms with Crippen molar-refractivity contribution in [1.29, 1.82) is 0 Å². The van der Waals surface area contributed by atoms with Crippen LogP contribution in [-0.2, 0) is 4.74 Å². The first-order valence-corrected chi connectivity index (χ1v) is 10.2. The minimum atomic E-state index is -0.507. The highest BCUT2D eigenvalue weighted by atomic mass is 35.5. The third-order valence-corrected chi connectivity index (χ3v) is 5.51. The van der Waals surface area contributed by atoms with Crippen molar-refractivity contribution in [1.82, 2.24) is 0 Å². The average Bonchev–Trinajstić information content (AvgIpc) is 2.69. The first kappa shape index (κ1) is 20.2. The summed E-state index contributed by atoms with van der Waals surface area (Å²) in [5.41, 5.74) is 2.80. The van der Waals surface area contributed by atoms with Gasteiger partial charge in [-0.2, -0.15) is 4.99 Å². The van der Waals surface area contributed by atoms with Gasteiger partial charge in [-0.25, -0.2) is 4.39 Å². The van der Waals surface area contributed by atoms with Crippen molar-refractivity contribution in [3.8, 4) is 11.1 Å². The molecule has 1 unspecified atom stereocenters. The summed E-state index contributed by atoms with van der Waals surface area (Å²) in [6, 6.07) is 11.2. The fraction of sp³-hybridized carbons (Fsp3) is 0.409. The largest absolute Gasteiger partial charge is 0.373 e. The molecular formula is C22H23ClFNOS. The van der Waals surface area contributed by atoms with Crippen molar-refractivity contribution in [2.75, 3.05) is 6.61 Å². The number of unbranched alkanes of at least 4 members (excludes halogenated alkanes) is 1. The van der Waals surface area contributed by atoms with Crippen LogP contribution in [0.1, 0.15) is 50.7 Å². The van der Waals surface area contributed by atoms with Crippen LogP contribution in [0.4, 0.5) is 10.1 Å². The summed E-state index contributed by atoms with van der Waals surface area (Å²) in [7, 11) is 0. The minimum absolute atomic E-state index is 0.0280. The van der Waals surface area contributed by atoms with Gasteiger partial charge in [0.05, 0.1) is 22.9 Å². The number of hydrogen-bond donors (Lipinski definition) is 0. The van der Waals surface area contributed by atoms with E-state index in [4.69, 9.17) is 16.3 Å². The molecule has 0 bridgehead atoms. The van der Waals surface area contributed by atoms with E-state index in [-0.39, 0.29) is 16.8 Å². The molecule has 1 aliphatic heterocycles. The molecule has 0 radical (unpaired) electrons. The summed E-state index contributed by atoms with van der Waals surface area (Å²) in [5.74, 6) is 0.187. The number of hydrogen-bond acceptors (Lipinski definition) is 3. The van der Waals surface area contributed by atoms with E-state index >= 15 is 0 Å². The summed E-state index contributed by atoms with van der Waals surface area (Å²) in [4.78, 5) is 3.68.